The Morgan fingerprint density at radius 2 is 1.88 bits per heavy atom. The first-order chi connectivity index (χ1) is 12.0. The molecule has 0 unspecified atom stereocenters. The Hall–Kier alpha value is -2.62. The number of fused-ring (bicyclic) bond motifs is 1. The van der Waals surface area contributed by atoms with E-state index >= 15 is 0 Å². The fourth-order valence-corrected chi connectivity index (χ4v) is 3.04. The number of Topliss-reactive ketones (excluding diaryl/α,β-unsaturated/α-hetero) is 1. The minimum absolute atomic E-state index is 0.00521. The lowest BCUT2D eigenvalue weighted by Gasteiger charge is -2.26. The lowest BCUT2D eigenvalue weighted by molar-refractivity contribution is -0.122. The van der Waals surface area contributed by atoms with Crippen LogP contribution >= 0.6 is 0 Å². The summed E-state index contributed by atoms with van der Waals surface area (Å²) in [6.07, 6.45) is 1.17. The molecular weight excluding hydrogens is 314 g/mol. The minimum atomic E-state index is -0.0983. The summed E-state index contributed by atoms with van der Waals surface area (Å²) in [5.74, 6) is 0.731. The molecule has 0 spiro atoms. The maximum atomic E-state index is 12.3. The molecule has 4 nitrogen and oxygen atoms in total. The molecule has 1 aliphatic rings. The van der Waals surface area contributed by atoms with Gasteiger partial charge < -0.3 is 10.1 Å². The van der Waals surface area contributed by atoms with Crippen LogP contribution in [-0.2, 0) is 4.79 Å². The van der Waals surface area contributed by atoms with E-state index < -0.39 is 0 Å². The first-order valence-electron chi connectivity index (χ1n) is 8.66. The van der Waals surface area contributed by atoms with Crippen LogP contribution in [-0.4, -0.2) is 18.3 Å². The molecule has 2 aromatic rings. The van der Waals surface area contributed by atoms with Gasteiger partial charge in [0.2, 0.25) is 5.91 Å². The molecule has 0 radical (unpaired) electrons. The van der Waals surface area contributed by atoms with Crippen LogP contribution in [0, 0.1) is 13.8 Å². The average molecular weight is 337 g/mol. The molecule has 1 heterocycles. The van der Waals surface area contributed by atoms with E-state index in [0.29, 0.717) is 12.2 Å². The van der Waals surface area contributed by atoms with Gasteiger partial charge in [0, 0.05) is 30.4 Å². The van der Waals surface area contributed by atoms with Crippen molar-refractivity contribution in [3.05, 3.63) is 64.7 Å². The van der Waals surface area contributed by atoms with Gasteiger partial charge in [0.15, 0.2) is 5.78 Å². The lowest BCUT2D eigenvalue weighted by atomic mass is 9.99. The number of carbonyl (C=O) groups excluding carboxylic acids is 2. The molecule has 0 saturated heterocycles. The summed E-state index contributed by atoms with van der Waals surface area (Å²) in [7, 11) is 0. The van der Waals surface area contributed by atoms with Crippen LogP contribution in [0.4, 0.5) is 0 Å². The highest BCUT2D eigenvalue weighted by molar-refractivity contribution is 5.98. The van der Waals surface area contributed by atoms with Crippen molar-refractivity contribution in [1.29, 1.82) is 0 Å². The monoisotopic (exact) mass is 337 g/mol. The summed E-state index contributed by atoms with van der Waals surface area (Å²) in [4.78, 5) is 24.6. The standard InChI is InChI=1S/C21H23NO3/c1-14-7-8-16(13-15(14)2)19(23)9-10-21(24)22-18-11-12-25-20-6-4-3-5-17(18)20/h3-8,13,18H,9-12H2,1-2H3,(H,22,24)/t18-/m0/s1. The van der Waals surface area contributed by atoms with Gasteiger partial charge in [-0.15, -0.1) is 0 Å². The average Bonchev–Trinajstić information content (AvgIpc) is 2.62. The Morgan fingerprint density at radius 1 is 1.08 bits per heavy atom. The van der Waals surface area contributed by atoms with Gasteiger partial charge in [-0.25, -0.2) is 0 Å². The molecule has 25 heavy (non-hydrogen) atoms. The summed E-state index contributed by atoms with van der Waals surface area (Å²) >= 11 is 0. The molecule has 0 bridgehead atoms. The summed E-state index contributed by atoms with van der Waals surface area (Å²) in [6, 6.07) is 13.4. The largest absolute Gasteiger partial charge is 0.493 e. The van der Waals surface area contributed by atoms with Gasteiger partial charge in [0.05, 0.1) is 12.6 Å². The molecule has 0 aliphatic carbocycles. The third-order valence-electron chi connectivity index (χ3n) is 4.70. The van der Waals surface area contributed by atoms with Gasteiger partial charge in [0.25, 0.3) is 0 Å². The number of ketones is 1. The van der Waals surface area contributed by atoms with E-state index in [4.69, 9.17) is 4.74 Å². The Bertz CT molecular complexity index is 797. The third-order valence-corrected chi connectivity index (χ3v) is 4.70. The topological polar surface area (TPSA) is 55.4 Å². The van der Waals surface area contributed by atoms with Crippen molar-refractivity contribution in [3.8, 4) is 5.75 Å². The Balaban J connectivity index is 1.57. The molecule has 0 saturated carbocycles. The normalized spacial score (nSPS) is 15.8. The zero-order chi connectivity index (χ0) is 17.8. The lowest BCUT2D eigenvalue weighted by Crippen LogP contribution is -2.32. The van der Waals surface area contributed by atoms with Crippen LogP contribution in [0.2, 0.25) is 0 Å². The van der Waals surface area contributed by atoms with Crippen molar-refractivity contribution >= 4 is 11.7 Å². The number of ether oxygens (including phenoxy) is 1. The molecule has 1 N–H and O–H groups in total. The molecule has 0 fully saturated rings. The summed E-state index contributed by atoms with van der Waals surface area (Å²) in [6.45, 7) is 4.59. The van der Waals surface area contributed by atoms with E-state index in [9.17, 15) is 9.59 Å². The highest BCUT2D eigenvalue weighted by Gasteiger charge is 2.22. The second-order valence-corrected chi connectivity index (χ2v) is 6.52. The SMILES string of the molecule is Cc1ccc(C(=O)CCC(=O)N[C@H]2CCOc3ccccc32)cc1C. The summed E-state index contributed by atoms with van der Waals surface area (Å²) in [5, 5.41) is 3.03. The molecule has 4 heteroatoms. The van der Waals surface area contributed by atoms with Crippen molar-refractivity contribution < 1.29 is 14.3 Å². The number of benzene rings is 2. The second kappa shape index (κ2) is 7.51. The maximum Gasteiger partial charge on any atom is 0.220 e. The van der Waals surface area contributed by atoms with Crippen LogP contribution in [0.25, 0.3) is 0 Å². The van der Waals surface area contributed by atoms with Crippen molar-refractivity contribution in [2.24, 2.45) is 0 Å². The molecule has 130 valence electrons. The predicted octanol–water partition coefficient (Wildman–Crippen LogP) is 3.91. The number of amides is 1. The third kappa shape index (κ3) is 4.08. The predicted molar refractivity (Wildman–Crippen MR) is 96.9 cm³/mol. The van der Waals surface area contributed by atoms with Crippen LogP contribution in [0.3, 0.4) is 0 Å². The van der Waals surface area contributed by atoms with Crippen LogP contribution < -0.4 is 10.1 Å². The number of rotatable bonds is 5. The molecule has 0 aromatic heterocycles. The molecule has 1 atom stereocenters. The van der Waals surface area contributed by atoms with E-state index in [1.165, 1.54) is 0 Å². The molecule has 3 rings (SSSR count). The van der Waals surface area contributed by atoms with E-state index in [2.05, 4.69) is 5.32 Å². The van der Waals surface area contributed by atoms with Gasteiger partial charge in [-0.3, -0.25) is 9.59 Å². The van der Waals surface area contributed by atoms with Crippen LogP contribution in [0.15, 0.2) is 42.5 Å². The zero-order valence-electron chi connectivity index (χ0n) is 14.7. The highest BCUT2D eigenvalue weighted by atomic mass is 16.5. The smallest absolute Gasteiger partial charge is 0.220 e. The highest BCUT2D eigenvalue weighted by Crippen LogP contribution is 2.31. The van der Waals surface area contributed by atoms with Crippen molar-refractivity contribution in [1.82, 2.24) is 5.32 Å². The quantitative estimate of drug-likeness (QED) is 0.842. The first kappa shape index (κ1) is 17.2. The summed E-state index contributed by atoms with van der Waals surface area (Å²) < 4.78 is 5.61. The van der Waals surface area contributed by atoms with Crippen molar-refractivity contribution in [3.63, 3.8) is 0 Å². The van der Waals surface area contributed by atoms with E-state index in [0.717, 1.165) is 28.9 Å². The Labute approximate surface area is 148 Å². The molecule has 2 aromatic carbocycles. The molecule has 1 aliphatic heterocycles. The fraction of sp³-hybridized carbons (Fsp3) is 0.333. The zero-order valence-corrected chi connectivity index (χ0v) is 14.7. The van der Waals surface area contributed by atoms with Crippen molar-refractivity contribution in [2.45, 2.75) is 39.2 Å². The van der Waals surface area contributed by atoms with E-state index in [1.54, 1.807) is 0 Å². The Morgan fingerprint density at radius 3 is 2.68 bits per heavy atom. The number of hydrogen-bond acceptors (Lipinski definition) is 3. The van der Waals surface area contributed by atoms with Gasteiger partial charge in [-0.1, -0.05) is 30.3 Å². The fourth-order valence-electron chi connectivity index (χ4n) is 3.04. The number of aryl methyl sites for hydroxylation is 2. The van der Waals surface area contributed by atoms with Gasteiger partial charge in [0.1, 0.15) is 5.75 Å². The van der Waals surface area contributed by atoms with Gasteiger partial charge >= 0.3 is 0 Å². The maximum absolute atomic E-state index is 12.3. The van der Waals surface area contributed by atoms with Crippen LogP contribution in [0.5, 0.6) is 5.75 Å². The number of hydrogen-bond donors (Lipinski definition) is 1. The number of carbonyl (C=O) groups is 2. The van der Waals surface area contributed by atoms with Gasteiger partial charge in [-0.05, 0) is 37.1 Å². The van der Waals surface area contributed by atoms with E-state index in [1.807, 2.05) is 56.3 Å². The van der Waals surface area contributed by atoms with Crippen LogP contribution in [0.1, 0.15) is 52.4 Å². The number of nitrogens with one attached hydrogen (secondary N) is 1. The summed E-state index contributed by atoms with van der Waals surface area (Å²) in [5.41, 5.74) is 3.93. The molecular formula is C21H23NO3. The number of para-hydroxylation sites is 1. The minimum Gasteiger partial charge on any atom is -0.493 e. The van der Waals surface area contributed by atoms with Crippen molar-refractivity contribution in [2.75, 3.05) is 6.61 Å². The van der Waals surface area contributed by atoms with E-state index in [-0.39, 0.29) is 30.6 Å². The molecule has 1 amide bonds. The first-order valence-corrected chi connectivity index (χ1v) is 8.66. The van der Waals surface area contributed by atoms with Gasteiger partial charge in [-0.2, -0.15) is 0 Å². The second-order valence-electron chi connectivity index (χ2n) is 6.52. The Kier molecular flexibility index (Phi) is 5.17.